The fraction of sp³-hybridized carbons (Fsp3) is 0.357. The molecule has 6 nitrogen and oxygen atoms in total. The van der Waals surface area contributed by atoms with Gasteiger partial charge in [-0.15, -0.1) is 35.3 Å². The van der Waals surface area contributed by atoms with E-state index in [9.17, 15) is 13.2 Å². The normalized spacial score (nSPS) is 11.6. The molecule has 0 aliphatic carbocycles. The molecule has 0 aromatic carbocycles. The highest BCUT2D eigenvalue weighted by molar-refractivity contribution is 14.0. The number of pyridine rings is 1. The van der Waals surface area contributed by atoms with Gasteiger partial charge in [-0.1, -0.05) is 6.07 Å². The Kier molecular flexibility index (Phi) is 8.35. The number of alkyl halides is 3. The van der Waals surface area contributed by atoms with Gasteiger partial charge in [0.15, 0.2) is 11.7 Å². The molecule has 0 aliphatic rings. The minimum atomic E-state index is -4.42. The molecule has 2 heterocycles. The van der Waals surface area contributed by atoms with E-state index in [1.54, 1.807) is 19.3 Å². The maximum atomic E-state index is 12.5. The second-order valence-electron chi connectivity index (χ2n) is 4.61. The number of hydrogen-bond donors (Lipinski definition) is 2. The maximum absolute atomic E-state index is 12.5. The molecule has 0 amide bonds. The molecule has 0 unspecified atom stereocenters. The smallest absolute Gasteiger partial charge is 0.434 e. The van der Waals surface area contributed by atoms with E-state index in [2.05, 4.69) is 25.6 Å². The van der Waals surface area contributed by atoms with Crippen LogP contribution >= 0.6 is 35.3 Å². The summed E-state index contributed by atoms with van der Waals surface area (Å²) in [6, 6.07) is 3.59. The Bertz CT molecular complexity index is 691. The monoisotopic (exact) mass is 487 g/mol. The Hall–Kier alpha value is -1.63. The van der Waals surface area contributed by atoms with Gasteiger partial charge in [-0.25, -0.2) is 9.97 Å². The molecule has 0 atom stereocenters. The summed E-state index contributed by atoms with van der Waals surface area (Å²) < 4.78 is 42.5. The maximum Gasteiger partial charge on any atom is 0.434 e. The molecular formula is C14H17F3IN5OS. The summed E-state index contributed by atoms with van der Waals surface area (Å²) in [4.78, 5) is 11.6. The van der Waals surface area contributed by atoms with E-state index in [1.807, 2.05) is 6.07 Å². The predicted octanol–water partition coefficient (Wildman–Crippen LogP) is 3.05. The molecule has 11 heteroatoms. The van der Waals surface area contributed by atoms with Gasteiger partial charge >= 0.3 is 6.18 Å². The number of aliphatic imine (C=N–C) groups is 1. The van der Waals surface area contributed by atoms with Crippen LogP contribution in [-0.4, -0.2) is 30.1 Å². The van der Waals surface area contributed by atoms with E-state index in [0.29, 0.717) is 23.4 Å². The second-order valence-corrected chi connectivity index (χ2v) is 5.56. The van der Waals surface area contributed by atoms with Crippen LogP contribution in [0.15, 0.2) is 28.7 Å². The molecule has 2 aromatic heterocycles. The highest BCUT2D eigenvalue weighted by atomic mass is 127. The zero-order valence-corrected chi connectivity index (χ0v) is 16.6. The standard InChI is InChI=1S/C14H16F3N5OS.HI/c1-18-13(20-6-9-3-4-11(23-2)19-5-9)21-7-12-22-10(8-24-12)14(15,16)17;/h3-5,8H,6-7H2,1-2H3,(H2,18,20,21);1H. The summed E-state index contributed by atoms with van der Waals surface area (Å²) in [5, 5.41) is 7.29. The van der Waals surface area contributed by atoms with Gasteiger partial charge in [0.1, 0.15) is 5.01 Å². The van der Waals surface area contributed by atoms with Crippen LogP contribution < -0.4 is 15.4 Å². The fourth-order valence-corrected chi connectivity index (χ4v) is 2.46. The van der Waals surface area contributed by atoms with Crippen LogP contribution in [0.3, 0.4) is 0 Å². The molecule has 25 heavy (non-hydrogen) atoms. The summed E-state index contributed by atoms with van der Waals surface area (Å²) in [5.74, 6) is 0.972. The summed E-state index contributed by atoms with van der Waals surface area (Å²) in [5.41, 5.74) is 0.0314. The molecule has 0 saturated carbocycles. The Morgan fingerprint density at radius 1 is 1.28 bits per heavy atom. The van der Waals surface area contributed by atoms with Crippen molar-refractivity contribution >= 4 is 41.3 Å². The van der Waals surface area contributed by atoms with Crippen molar-refractivity contribution in [3.8, 4) is 5.88 Å². The first-order chi connectivity index (χ1) is 11.4. The summed E-state index contributed by atoms with van der Waals surface area (Å²) >= 11 is 0.947. The number of guanidine groups is 1. The summed E-state index contributed by atoms with van der Waals surface area (Å²) in [7, 11) is 3.11. The third-order valence-electron chi connectivity index (χ3n) is 2.94. The van der Waals surface area contributed by atoms with Crippen molar-refractivity contribution in [3.63, 3.8) is 0 Å². The first kappa shape index (κ1) is 21.4. The quantitative estimate of drug-likeness (QED) is 0.386. The van der Waals surface area contributed by atoms with E-state index < -0.39 is 11.9 Å². The van der Waals surface area contributed by atoms with E-state index in [4.69, 9.17) is 4.74 Å². The van der Waals surface area contributed by atoms with Gasteiger partial charge in [0.05, 0.1) is 13.7 Å². The van der Waals surface area contributed by atoms with Crippen molar-refractivity contribution in [2.75, 3.05) is 14.2 Å². The highest BCUT2D eigenvalue weighted by Gasteiger charge is 2.33. The minimum absolute atomic E-state index is 0. The van der Waals surface area contributed by atoms with Crippen molar-refractivity contribution < 1.29 is 17.9 Å². The third-order valence-corrected chi connectivity index (χ3v) is 3.79. The Morgan fingerprint density at radius 2 is 2.00 bits per heavy atom. The summed E-state index contributed by atoms with van der Waals surface area (Å²) in [6.07, 6.45) is -2.76. The van der Waals surface area contributed by atoms with Gasteiger partial charge in [0.25, 0.3) is 0 Å². The minimum Gasteiger partial charge on any atom is -0.481 e. The average molecular weight is 487 g/mol. The van der Waals surface area contributed by atoms with Crippen molar-refractivity contribution in [1.82, 2.24) is 20.6 Å². The molecular weight excluding hydrogens is 470 g/mol. The lowest BCUT2D eigenvalue weighted by Crippen LogP contribution is -2.36. The molecule has 0 aliphatic heterocycles. The molecule has 0 saturated heterocycles. The van der Waals surface area contributed by atoms with Crippen LogP contribution in [0.1, 0.15) is 16.3 Å². The number of thiazole rings is 1. The Labute approximate surface area is 164 Å². The molecule has 0 spiro atoms. The van der Waals surface area contributed by atoms with Crippen molar-refractivity contribution in [3.05, 3.63) is 40.0 Å². The number of nitrogens with zero attached hydrogens (tertiary/aromatic N) is 3. The summed E-state index contributed by atoms with van der Waals surface area (Å²) in [6.45, 7) is 0.615. The van der Waals surface area contributed by atoms with E-state index in [1.165, 1.54) is 7.11 Å². The molecule has 138 valence electrons. The molecule has 0 fully saturated rings. The van der Waals surface area contributed by atoms with Gasteiger partial charge in [-0.3, -0.25) is 4.99 Å². The van der Waals surface area contributed by atoms with Crippen molar-refractivity contribution in [1.29, 1.82) is 0 Å². The van der Waals surface area contributed by atoms with E-state index in [-0.39, 0.29) is 30.5 Å². The number of halogens is 4. The number of methoxy groups -OCH3 is 1. The first-order valence-corrected chi connectivity index (χ1v) is 7.75. The van der Waals surface area contributed by atoms with Crippen molar-refractivity contribution in [2.45, 2.75) is 19.3 Å². The molecule has 2 N–H and O–H groups in total. The van der Waals surface area contributed by atoms with Crippen LogP contribution in [0.4, 0.5) is 13.2 Å². The highest BCUT2D eigenvalue weighted by Crippen LogP contribution is 2.29. The van der Waals surface area contributed by atoms with Crippen LogP contribution in [0.25, 0.3) is 0 Å². The van der Waals surface area contributed by atoms with Crippen LogP contribution in [0.2, 0.25) is 0 Å². The van der Waals surface area contributed by atoms with Crippen molar-refractivity contribution in [2.24, 2.45) is 4.99 Å². The number of rotatable bonds is 5. The number of hydrogen-bond acceptors (Lipinski definition) is 5. The topological polar surface area (TPSA) is 71.4 Å². The second kappa shape index (κ2) is 9.75. The molecule has 2 aromatic rings. The van der Waals surface area contributed by atoms with E-state index >= 15 is 0 Å². The zero-order chi connectivity index (χ0) is 17.6. The number of aromatic nitrogens is 2. The Balaban J connectivity index is 0.00000312. The van der Waals surface area contributed by atoms with Crippen LogP contribution in [-0.2, 0) is 19.3 Å². The van der Waals surface area contributed by atoms with Gasteiger partial charge in [0, 0.05) is 31.2 Å². The van der Waals surface area contributed by atoms with Gasteiger partial charge < -0.3 is 15.4 Å². The Morgan fingerprint density at radius 3 is 2.52 bits per heavy atom. The SMILES string of the molecule is CN=C(NCc1ccc(OC)nc1)NCc1nc(C(F)(F)F)cs1.I. The molecule has 0 radical (unpaired) electrons. The fourth-order valence-electron chi connectivity index (χ4n) is 1.72. The lowest BCUT2D eigenvalue weighted by molar-refractivity contribution is -0.140. The number of nitrogens with one attached hydrogen (secondary N) is 2. The average Bonchev–Trinajstić information content (AvgIpc) is 3.05. The lowest BCUT2D eigenvalue weighted by Gasteiger charge is -2.11. The largest absolute Gasteiger partial charge is 0.481 e. The zero-order valence-electron chi connectivity index (χ0n) is 13.4. The van der Waals surface area contributed by atoms with Gasteiger partial charge in [-0.2, -0.15) is 13.2 Å². The molecule has 0 bridgehead atoms. The van der Waals surface area contributed by atoms with E-state index in [0.717, 1.165) is 22.3 Å². The molecule has 2 rings (SSSR count). The van der Waals surface area contributed by atoms with Gasteiger partial charge in [0.2, 0.25) is 5.88 Å². The van der Waals surface area contributed by atoms with Crippen LogP contribution in [0, 0.1) is 0 Å². The van der Waals surface area contributed by atoms with Crippen LogP contribution in [0.5, 0.6) is 5.88 Å². The third kappa shape index (κ3) is 6.65. The lowest BCUT2D eigenvalue weighted by atomic mass is 10.3. The van der Waals surface area contributed by atoms with Gasteiger partial charge in [-0.05, 0) is 5.56 Å². The number of ether oxygens (including phenoxy) is 1. The first-order valence-electron chi connectivity index (χ1n) is 6.87. The predicted molar refractivity (Wildman–Crippen MR) is 100 cm³/mol.